The number of hydrogen-bond donors (Lipinski definition) is 2. The first kappa shape index (κ1) is 19.4. The zero-order valence-electron chi connectivity index (χ0n) is 16.9. The lowest BCUT2D eigenvalue weighted by Gasteiger charge is -2.18. The molecule has 4 rings (SSSR count). The fourth-order valence-corrected chi connectivity index (χ4v) is 3.75. The number of nitrogens with zero attached hydrogens (tertiary/aromatic N) is 1. The van der Waals surface area contributed by atoms with E-state index in [9.17, 15) is 19.8 Å². The van der Waals surface area contributed by atoms with Crippen molar-refractivity contribution in [3.63, 3.8) is 0 Å². The maximum absolute atomic E-state index is 11.9. The summed E-state index contributed by atoms with van der Waals surface area (Å²) < 4.78 is 11.4. The van der Waals surface area contributed by atoms with Crippen molar-refractivity contribution in [1.82, 2.24) is 4.98 Å². The number of benzene rings is 3. The Labute approximate surface area is 171 Å². The Morgan fingerprint density at radius 1 is 1.00 bits per heavy atom. The summed E-state index contributed by atoms with van der Waals surface area (Å²) in [5, 5.41) is 20.3. The van der Waals surface area contributed by atoms with Crippen molar-refractivity contribution in [3.8, 4) is 39.8 Å². The van der Waals surface area contributed by atoms with Gasteiger partial charge in [0, 0.05) is 36.2 Å². The van der Waals surface area contributed by atoms with E-state index in [0.717, 1.165) is 0 Å². The maximum Gasteiger partial charge on any atom is 0.308 e. The van der Waals surface area contributed by atoms with Crippen molar-refractivity contribution in [2.45, 2.75) is 27.7 Å². The second-order valence-corrected chi connectivity index (χ2v) is 7.27. The topological polar surface area (TPSA) is 110 Å². The van der Waals surface area contributed by atoms with Crippen LogP contribution in [-0.2, 0) is 4.79 Å². The minimum Gasteiger partial charge on any atom is -0.508 e. The van der Waals surface area contributed by atoms with E-state index in [0.29, 0.717) is 50.4 Å². The van der Waals surface area contributed by atoms with Crippen LogP contribution in [0.25, 0.3) is 33.7 Å². The third-order valence-electron chi connectivity index (χ3n) is 4.96. The number of esters is 1. The van der Waals surface area contributed by atoms with Crippen LogP contribution >= 0.6 is 0 Å². The van der Waals surface area contributed by atoms with Crippen LogP contribution < -0.4 is 10.2 Å². The van der Waals surface area contributed by atoms with E-state index in [4.69, 9.17) is 14.1 Å². The summed E-state index contributed by atoms with van der Waals surface area (Å²) in [6.07, 6.45) is 0. The van der Waals surface area contributed by atoms with E-state index in [-0.39, 0.29) is 22.7 Å². The summed E-state index contributed by atoms with van der Waals surface area (Å²) in [6, 6.07) is 7.09. The summed E-state index contributed by atoms with van der Waals surface area (Å²) in [4.78, 5) is 28.3. The van der Waals surface area contributed by atoms with Crippen molar-refractivity contribution in [2.75, 3.05) is 0 Å². The van der Waals surface area contributed by atoms with Crippen LogP contribution in [-0.4, -0.2) is 21.2 Å². The highest BCUT2D eigenvalue weighted by molar-refractivity contribution is 5.94. The lowest BCUT2D eigenvalue weighted by Crippen LogP contribution is -2.06. The number of hydrogen-bond acceptors (Lipinski definition) is 7. The Morgan fingerprint density at radius 3 is 2.40 bits per heavy atom. The number of phenols is 2. The highest BCUT2D eigenvalue weighted by Gasteiger charge is 2.23. The smallest absolute Gasteiger partial charge is 0.308 e. The Morgan fingerprint density at radius 2 is 1.73 bits per heavy atom. The normalized spacial score (nSPS) is 11.2. The molecule has 0 radical (unpaired) electrons. The summed E-state index contributed by atoms with van der Waals surface area (Å²) in [5.41, 5.74) is 3.95. The number of carbonyl (C=O) groups excluding carboxylic acids is 1. The number of phenolic OH excluding ortho intramolecular Hbond substituents is 2. The predicted octanol–water partition coefficient (Wildman–Crippen LogP) is 4.22. The average Bonchev–Trinajstić information content (AvgIpc) is 2.61. The molecule has 152 valence electrons. The van der Waals surface area contributed by atoms with Gasteiger partial charge in [0.1, 0.15) is 28.5 Å². The van der Waals surface area contributed by atoms with Crippen LogP contribution in [0.2, 0.25) is 0 Å². The van der Waals surface area contributed by atoms with Gasteiger partial charge >= 0.3 is 5.97 Å². The van der Waals surface area contributed by atoms with Crippen LogP contribution in [0.4, 0.5) is 0 Å². The summed E-state index contributed by atoms with van der Waals surface area (Å²) in [7, 11) is 0. The van der Waals surface area contributed by atoms with Gasteiger partial charge in [-0.1, -0.05) is 0 Å². The highest BCUT2D eigenvalue weighted by atomic mass is 16.5. The molecule has 7 nitrogen and oxygen atoms in total. The lowest BCUT2D eigenvalue weighted by molar-refractivity contribution is -0.131. The molecule has 0 saturated carbocycles. The largest absolute Gasteiger partial charge is 0.508 e. The van der Waals surface area contributed by atoms with E-state index < -0.39 is 5.97 Å². The summed E-state index contributed by atoms with van der Waals surface area (Å²) in [5.74, 6) is -0.274. The van der Waals surface area contributed by atoms with E-state index in [1.165, 1.54) is 37.3 Å². The number of rotatable bonds is 2. The van der Waals surface area contributed by atoms with Crippen molar-refractivity contribution >= 4 is 17.1 Å². The van der Waals surface area contributed by atoms with Gasteiger partial charge in [-0.2, -0.15) is 0 Å². The van der Waals surface area contributed by atoms with Gasteiger partial charge in [0.25, 0.3) is 0 Å². The number of fused-ring (bicyclic) bond motifs is 2. The molecule has 1 heterocycles. The number of ether oxygens (including phenoxy) is 1. The molecule has 0 unspecified atom stereocenters. The number of aromatic nitrogens is 1. The first-order valence-corrected chi connectivity index (χ1v) is 9.26. The van der Waals surface area contributed by atoms with Crippen molar-refractivity contribution in [1.29, 1.82) is 0 Å². The van der Waals surface area contributed by atoms with Gasteiger partial charge in [0.15, 0.2) is 16.8 Å². The van der Waals surface area contributed by atoms with E-state index in [2.05, 4.69) is 0 Å². The van der Waals surface area contributed by atoms with Crippen LogP contribution in [0, 0.1) is 20.8 Å². The number of aryl methyl sites for hydroxylation is 3. The molecule has 0 amide bonds. The molecule has 1 aliphatic heterocycles. The first-order chi connectivity index (χ1) is 14.2. The van der Waals surface area contributed by atoms with Crippen LogP contribution in [0.5, 0.6) is 17.2 Å². The van der Waals surface area contributed by atoms with E-state index in [1.54, 1.807) is 20.8 Å². The summed E-state index contributed by atoms with van der Waals surface area (Å²) >= 11 is 0. The molecule has 0 atom stereocenters. The predicted molar refractivity (Wildman–Crippen MR) is 111 cm³/mol. The zero-order chi connectivity index (χ0) is 21.7. The standard InChI is InChI=1S/C23H19NO6/c1-10-5-14(26)7-16(28)20(10)21-12(3)23-19(9-17(21)29-13(4)25)30-18-8-15(27)6-11(2)22(18)24-23/h5-9,26,28H,1-4H3. The molecule has 0 aromatic heterocycles. The van der Waals surface area contributed by atoms with Gasteiger partial charge in [0.2, 0.25) is 0 Å². The second-order valence-electron chi connectivity index (χ2n) is 7.27. The molecule has 2 aromatic carbocycles. The molecule has 0 saturated heterocycles. The fourth-order valence-electron chi connectivity index (χ4n) is 3.75. The Kier molecular flexibility index (Phi) is 4.46. The van der Waals surface area contributed by atoms with Gasteiger partial charge < -0.3 is 19.4 Å². The Hall–Kier alpha value is -3.87. The van der Waals surface area contributed by atoms with Crippen LogP contribution in [0.15, 0.2) is 39.5 Å². The molecule has 2 aromatic rings. The molecule has 1 aliphatic carbocycles. The van der Waals surface area contributed by atoms with Gasteiger partial charge in [-0.05, 0) is 49.6 Å². The molecule has 30 heavy (non-hydrogen) atoms. The average molecular weight is 405 g/mol. The molecule has 2 aliphatic rings. The number of aromatic hydroxyl groups is 2. The van der Waals surface area contributed by atoms with Crippen LogP contribution in [0.1, 0.15) is 23.6 Å². The van der Waals surface area contributed by atoms with Gasteiger partial charge in [-0.3, -0.25) is 9.59 Å². The van der Waals surface area contributed by atoms with Crippen LogP contribution in [0.3, 0.4) is 0 Å². The SMILES string of the molecule is CC(=O)Oc1cc2oc3cc(=O)cc(C)c-3nc2c(C)c1-c1c(C)cc(O)cc1O. The molecule has 7 heteroatoms. The fraction of sp³-hybridized carbons (Fsp3) is 0.174. The van der Waals surface area contributed by atoms with Gasteiger partial charge in [-0.15, -0.1) is 0 Å². The molecule has 0 bridgehead atoms. The first-order valence-electron chi connectivity index (χ1n) is 9.26. The van der Waals surface area contributed by atoms with E-state index >= 15 is 0 Å². The summed E-state index contributed by atoms with van der Waals surface area (Å²) in [6.45, 7) is 6.56. The molecular formula is C23H19NO6. The second kappa shape index (κ2) is 6.88. The quantitative estimate of drug-likeness (QED) is 0.292. The lowest BCUT2D eigenvalue weighted by atomic mass is 9.93. The number of carbonyl (C=O) groups is 1. The molecule has 0 fully saturated rings. The molecule has 0 spiro atoms. The highest BCUT2D eigenvalue weighted by Crippen LogP contribution is 2.45. The van der Waals surface area contributed by atoms with Gasteiger partial charge in [0.05, 0.1) is 0 Å². The minimum absolute atomic E-state index is 0.0793. The van der Waals surface area contributed by atoms with Crippen molar-refractivity contribution in [2.24, 2.45) is 0 Å². The third kappa shape index (κ3) is 3.14. The minimum atomic E-state index is -0.544. The van der Waals surface area contributed by atoms with Crippen molar-refractivity contribution in [3.05, 3.63) is 57.2 Å². The molecule has 2 N–H and O–H groups in total. The Balaban J connectivity index is 2.15. The van der Waals surface area contributed by atoms with E-state index in [1.807, 2.05) is 0 Å². The maximum atomic E-state index is 11.9. The monoisotopic (exact) mass is 405 g/mol. The Bertz CT molecular complexity index is 1350. The third-order valence-corrected chi connectivity index (χ3v) is 4.96. The van der Waals surface area contributed by atoms with Crippen molar-refractivity contribution < 1.29 is 24.2 Å². The van der Waals surface area contributed by atoms with Gasteiger partial charge in [-0.25, -0.2) is 4.98 Å². The zero-order valence-corrected chi connectivity index (χ0v) is 16.9. The molecular weight excluding hydrogens is 386 g/mol.